The molecule has 206 valence electrons. The minimum atomic E-state index is -0.903. The van der Waals surface area contributed by atoms with Crippen LogP contribution in [0, 0.1) is 6.92 Å². The first-order valence-corrected chi connectivity index (χ1v) is 13.1. The molecular formula is C30H32ClNO7. The summed E-state index contributed by atoms with van der Waals surface area (Å²) in [4.78, 5) is 39.6. The molecule has 9 heteroatoms. The highest BCUT2D eigenvalue weighted by atomic mass is 35.5. The molecule has 0 bridgehead atoms. The molecule has 0 unspecified atom stereocenters. The van der Waals surface area contributed by atoms with Gasteiger partial charge in [-0.2, -0.15) is 0 Å². The van der Waals surface area contributed by atoms with Crippen molar-refractivity contribution in [2.75, 3.05) is 26.4 Å². The van der Waals surface area contributed by atoms with Gasteiger partial charge in [0.25, 0.3) is 0 Å². The summed E-state index contributed by atoms with van der Waals surface area (Å²) in [5, 5.41) is 9.23. The molecule has 1 heterocycles. The number of hydrogen-bond acceptors (Lipinski definition) is 7. The number of carbonyl (C=O) groups is 3. The van der Waals surface area contributed by atoms with Crippen molar-refractivity contribution in [3.8, 4) is 11.5 Å². The molecule has 0 saturated carbocycles. The Hall–Kier alpha value is -3.59. The van der Waals surface area contributed by atoms with E-state index in [1.807, 2.05) is 37.3 Å². The van der Waals surface area contributed by atoms with E-state index in [0.717, 1.165) is 16.7 Å². The molecule has 0 spiro atoms. The molecule has 0 radical (unpaired) electrons. The lowest BCUT2D eigenvalue weighted by Gasteiger charge is -2.09. The van der Waals surface area contributed by atoms with Crippen LogP contribution in [0.15, 0.2) is 60.8 Å². The van der Waals surface area contributed by atoms with Crippen molar-refractivity contribution in [2.45, 2.75) is 39.0 Å². The Morgan fingerprint density at radius 1 is 0.821 bits per heavy atom. The summed E-state index contributed by atoms with van der Waals surface area (Å²) in [5.74, 6) is 0.164. The summed E-state index contributed by atoms with van der Waals surface area (Å²) in [6.07, 6.45) is 2.95. The van der Waals surface area contributed by atoms with Crippen molar-refractivity contribution in [1.82, 2.24) is 4.98 Å². The second-order valence-corrected chi connectivity index (χ2v) is 9.40. The van der Waals surface area contributed by atoms with E-state index in [0.29, 0.717) is 61.3 Å². The van der Waals surface area contributed by atoms with Crippen molar-refractivity contribution >= 4 is 29.1 Å². The molecule has 0 aliphatic rings. The van der Waals surface area contributed by atoms with Gasteiger partial charge >= 0.3 is 5.97 Å². The quantitative estimate of drug-likeness (QED) is 0.168. The van der Waals surface area contributed by atoms with E-state index < -0.39 is 5.97 Å². The average molecular weight is 554 g/mol. The largest absolute Gasteiger partial charge is 0.481 e. The van der Waals surface area contributed by atoms with E-state index >= 15 is 0 Å². The third-order valence-corrected chi connectivity index (χ3v) is 6.15. The van der Waals surface area contributed by atoms with Gasteiger partial charge in [-0.25, -0.2) is 0 Å². The summed E-state index contributed by atoms with van der Waals surface area (Å²) < 4.78 is 16.4. The average Bonchev–Trinajstić information content (AvgIpc) is 2.91. The van der Waals surface area contributed by atoms with E-state index in [-0.39, 0.29) is 31.0 Å². The molecular weight excluding hydrogens is 522 g/mol. The van der Waals surface area contributed by atoms with Crippen LogP contribution in [0.2, 0.25) is 5.02 Å². The fourth-order valence-electron chi connectivity index (χ4n) is 3.72. The van der Waals surface area contributed by atoms with Gasteiger partial charge in [-0.15, -0.1) is 0 Å². The maximum absolute atomic E-state index is 12.5. The Labute approximate surface area is 232 Å². The van der Waals surface area contributed by atoms with Crippen LogP contribution in [0.1, 0.15) is 46.4 Å². The number of aryl methyl sites for hydroxylation is 1. The number of carboxylic acid groups (broad SMARTS) is 1. The predicted octanol–water partition coefficient (Wildman–Crippen LogP) is 5.66. The zero-order valence-electron chi connectivity index (χ0n) is 21.9. The molecule has 3 aromatic rings. The van der Waals surface area contributed by atoms with E-state index in [1.165, 1.54) is 6.20 Å². The van der Waals surface area contributed by atoms with E-state index in [2.05, 4.69) is 4.98 Å². The fraction of sp³-hybridized carbons (Fsp3) is 0.333. The van der Waals surface area contributed by atoms with Crippen LogP contribution in [0.25, 0.3) is 0 Å². The van der Waals surface area contributed by atoms with Crippen molar-refractivity contribution < 1.29 is 33.7 Å². The van der Waals surface area contributed by atoms with Crippen LogP contribution in [0.4, 0.5) is 0 Å². The summed E-state index contributed by atoms with van der Waals surface area (Å²) in [7, 11) is 0. The molecule has 0 amide bonds. The number of ketones is 2. The first kappa shape index (κ1) is 30.0. The number of Topliss-reactive ketones (excluding diaryl/α,β-unsaturated/α-hetero) is 2. The normalized spacial score (nSPS) is 10.8. The Morgan fingerprint density at radius 2 is 1.51 bits per heavy atom. The van der Waals surface area contributed by atoms with Gasteiger partial charge in [-0.3, -0.25) is 19.4 Å². The van der Waals surface area contributed by atoms with Crippen LogP contribution in [0.5, 0.6) is 11.5 Å². The van der Waals surface area contributed by atoms with Gasteiger partial charge in [-0.05, 0) is 54.3 Å². The van der Waals surface area contributed by atoms with Gasteiger partial charge in [0, 0.05) is 43.2 Å². The SMILES string of the molecule is Cc1cc(CC(=O)Cc2ccc(Oc3ccnc(C(=O)CCCOCCOCCC(=O)O)c3)cc2)ccc1Cl. The monoisotopic (exact) mass is 553 g/mol. The van der Waals surface area contributed by atoms with Gasteiger partial charge in [0.05, 0.1) is 26.2 Å². The molecule has 1 N–H and O–H groups in total. The van der Waals surface area contributed by atoms with E-state index in [1.54, 1.807) is 24.3 Å². The smallest absolute Gasteiger partial charge is 0.305 e. The highest BCUT2D eigenvalue weighted by molar-refractivity contribution is 6.31. The summed E-state index contributed by atoms with van der Waals surface area (Å²) in [6.45, 7) is 3.10. The second-order valence-electron chi connectivity index (χ2n) is 8.99. The Morgan fingerprint density at radius 3 is 2.23 bits per heavy atom. The zero-order valence-corrected chi connectivity index (χ0v) is 22.6. The van der Waals surface area contributed by atoms with Crippen molar-refractivity contribution in [3.05, 3.63) is 88.2 Å². The summed E-state index contributed by atoms with van der Waals surface area (Å²) >= 11 is 6.06. The molecule has 3 rings (SSSR count). The maximum atomic E-state index is 12.5. The molecule has 0 aliphatic carbocycles. The lowest BCUT2D eigenvalue weighted by Crippen LogP contribution is -2.09. The molecule has 1 aromatic heterocycles. The first-order valence-electron chi connectivity index (χ1n) is 12.7. The third kappa shape index (κ3) is 11.0. The number of pyridine rings is 1. The third-order valence-electron chi connectivity index (χ3n) is 5.73. The number of ether oxygens (including phenoxy) is 3. The van der Waals surface area contributed by atoms with Gasteiger partial charge in [-0.1, -0.05) is 35.9 Å². The molecule has 0 fully saturated rings. The number of halogens is 1. The Balaban J connectivity index is 1.40. The highest BCUT2D eigenvalue weighted by Gasteiger charge is 2.10. The molecule has 8 nitrogen and oxygen atoms in total. The van der Waals surface area contributed by atoms with E-state index in [9.17, 15) is 14.4 Å². The molecule has 0 atom stereocenters. The minimum Gasteiger partial charge on any atom is -0.481 e. The molecule has 2 aromatic carbocycles. The fourth-order valence-corrected chi connectivity index (χ4v) is 3.84. The number of aromatic nitrogens is 1. The standard InChI is InChI=1S/C30H32ClNO7/c1-21-17-23(6-9-27(21)31)19-24(33)18-22-4-7-25(8-5-22)39-26-10-12-32-28(20-26)29(34)3-2-13-37-15-16-38-14-11-30(35)36/h4-10,12,17,20H,2-3,11,13-16,18-19H2,1H3,(H,35,36). The molecule has 39 heavy (non-hydrogen) atoms. The van der Waals surface area contributed by atoms with Crippen LogP contribution in [-0.2, 0) is 31.9 Å². The number of carbonyl (C=O) groups excluding carboxylic acids is 2. The van der Waals surface area contributed by atoms with Gasteiger partial charge in [0.15, 0.2) is 5.78 Å². The molecule has 0 aliphatic heterocycles. The number of benzene rings is 2. The van der Waals surface area contributed by atoms with Crippen molar-refractivity contribution in [1.29, 1.82) is 0 Å². The van der Waals surface area contributed by atoms with Crippen molar-refractivity contribution in [2.24, 2.45) is 0 Å². The lowest BCUT2D eigenvalue weighted by atomic mass is 10.0. The number of nitrogens with zero attached hydrogens (tertiary/aromatic N) is 1. The summed E-state index contributed by atoms with van der Waals surface area (Å²) in [5.41, 5.74) is 3.09. The highest BCUT2D eigenvalue weighted by Crippen LogP contribution is 2.23. The topological polar surface area (TPSA) is 112 Å². The molecule has 0 saturated heterocycles. The van der Waals surface area contributed by atoms with Crippen molar-refractivity contribution in [3.63, 3.8) is 0 Å². The Bertz CT molecular complexity index is 1260. The lowest BCUT2D eigenvalue weighted by molar-refractivity contribution is -0.138. The number of hydrogen-bond donors (Lipinski definition) is 1. The van der Waals surface area contributed by atoms with Gasteiger partial charge in [0.2, 0.25) is 0 Å². The number of rotatable bonds is 17. The van der Waals surface area contributed by atoms with Crippen LogP contribution >= 0.6 is 11.6 Å². The minimum absolute atomic E-state index is 0.0395. The second kappa shape index (κ2) is 15.7. The first-order chi connectivity index (χ1) is 18.8. The van der Waals surface area contributed by atoms with Gasteiger partial charge in [0.1, 0.15) is 23.0 Å². The van der Waals surface area contributed by atoms with Crippen LogP contribution < -0.4 is 4.74 Å². The van der Waals surface area contributed by atoms with Gasteiger partial charge < -0.3 is 19.3 Å². The van der Waals surface area contributed by atoms with E-state index in [4.69, 9.17) is 30.9 Å². The summed E-state index contributed by atoms with van der Waals surface area (Å²) in [6, 6.07) is 16.2. The maximum Gasteiger partial charge on any atom is 0.305 e. The number of carboxylic acids is 1. The Kier molecular flexibility index (Phi) is 12.1. The van der Waals surface area contributed by atoms with Crippen LogP contribution in [0.3, 0.4) is 0 Å². The number of aliphatic carboxylic acids is 1. The van der Waals surface area contributed by atoms with Crippen LogP contribution in [-0.4, -0.2) is 54.1 Å². The predicted molar refractivity (Wildman–Crippen MR) is 147 cm³/mol. The zero-order chi connectivity index (χ0) is 28.0.